The molecule has 1 aromatic heterocycles. The highest BCUT2D eigenvalue weighted by Gasteiger charge is 2.43. The molecule has 2 rings (SSSR count). The summed E-state index contributed by atoms with van der Waals surface area (Å²) in [7, 11) is 0. The van der Waals surface area contributed by atoms with Crippen molar-refractivity contribution in [3.63, 3.8) is 0 Å². The minimum absolute atomic E-state index is 0.145. The Labute approximate surface area is 142 Å². The minimum atomic E-state index is -4.84. The second-order valence-corrected chi connectivity index (χ2v) is 6.32. The molecule has 2 aromatic rings. The van der Waals surface area contributed by atoms with Crippen LogP contribution >= 0.6 is 11.3 Å². The van der Waals surface area contributed by atoms with E-state index >= 15 is 0 Å². The molecule has 0 amide bonds. The zero-order valence-corrected chi connectivity index (χ0v) is 14.1. The summed E-state index contributed by atoms with van der Waals surface area (Å²) in [5.74, 6) is -1.74. The van der Waals surface area contributed by atoms with Gasteiger partial charge in [-0.3, -0.25) is 4.79 Å². The Morgan fingerprint density at radius 2 is 1.96 bits per heavy atom. The van der Waals surface area contributed by atoms with Gasteiger partial charge in [0, 0.05) is 10.9 Å². The number of Topliss-reactive ketones (excluding diaryl/α,β-unsaturated/α-hetero) is 1. The molecule has 130 valence electrons. The quantitative estimate of drug-likeness (QED) is 0.653. The molecule has 24 heavy (non-hydrogen) atoms. The highest BCUT2D eigenvalue weighted by Crippen LogP contribution is 2.27. The van der Waals surface area contributed by atoms with Crippen molar-refractivity contribution in [2.75, 3.05) is 5.32 Å². The third-order valence-corrected chi connectivity index (χ3v) is 4.34. The van der Waals surface area contributed by atoms with E-state index in [9.17, 15) is 18.0 Å². The van der Waals surface area contributed by atoms with Crippen molar-refractivity contribution in [1.82, 2.24) is 4.98 Å². The van der Waals surface area contributed by atoms with Crippen LogP contribution in [0.1, 0.15) is 32.6 Å². The average Bonchev–Trinajstić information content (AvgIpc) is 3.02. The summed E-state index contributed by atoms with van der Waals surface area (Å²) in [5.41, 5.74) is 1.56. The van der Waals surface area contributed by atoms with Gasteiger partial charge in [0.1, 0.15) is 0 Å². The zero-order chi connectivity index (χ0) is 17.6. The maximum absolute atomic E-state index is 12.8. The summed E-state index contributed by atoms with van der Waals surface area (Å²) < 4.78 is 38.3. The first kappa shape index (κ1) is 18.4. The number of alkyl halides is 3. The Hall–Kier alpha value is -1.89. The average molecular weight is 356 g/mol. The largest absolute Gasteiger partial charge is 0.452 e. The van der Waals surface area contributed by atoms with Gasteiger partial charge in [-0.2, -0.15) is 13.2 Å². The summed E-state index contributed by atoms with van der Waals surface area (Å²) >= 11 is 1.20. The minimum Gasteiger partial charge on any atom is -0.351 e. The molecule has 0 radical (unpaired) electrons. The molecule has 0 aliphatic rings. The molecule has 1 unspecified atom stereocenters. The van der Waals surface area contributed by atoms with Crippen LogP contribution in [0, 0.1) is 0 Å². The number of ketones is 1. The van der Waals surface area contributed by atoms with E-state index in [-0.39, 0.29) is 6.42 Å². The fourth-order valence-electron chi connectivity index (χ4n) is 2.30. The number of rotatable bonds is 8. The first-order valence-electron chi connectivity index (χ1n) is 7.80. The molecule has 0 fully saturated rings. The molecule has 0 saturated carbocycles. The topological polar surface area (TPSA) is 42.0 Å². The number of halogens is 3. The lowest BCUT2D eigenvalue weighted by Crippen LogP contribution is -2.39. The second kappa shape index (κ2) is 8.28. The van der Waals surface area contributed by atoms with Gasteiger partial charge in [0.2, 0.25) is 0 Å². The molecule has 0 aliphatic heterocycles. The van der Waals surface area contributed by atoms with Crippen molar-refractivity contribution < 1.29 is 18.0 Å². The summed E-state index contributed by atoms with van der Waals surface area (Å²) in [4.78, 5) is 15.9. The number of nitrogens with one attached hydrogen (secondary N) is 1. The van der Waals surface area contributed by atoms with Crippen LogP contribution in [0.3, 0.4) is 0 Å². The molecule has 1 heterocycles. The second-order valence-electron chi connectivity index (χ2n) is 5.46. The predicted molar refractivity (Wildman–Crippen MR) is 90.2 cm³/mol. The molecule has 7 heteroatoms. The fraction of sp³-hybridized carbons (Fsp3) is 0.412. The Morgan fingerprint density at radius 3 is 2.58 bits per heavy atom. The molecule has 1 atom stereocenters. The fourth-order valence-corrected chi connectivity index (χ4v) is 3.07. The monoisotopic (exact) mass is 356 g/mol. The van der Waals surface area contributed by atoms with E-state index < -0.39 is 18.0 Å². The standard InChI is InChI=1S/C17H19F3N2OS/c1-2-3-5-10-13(15(23)17(18,19)20)21-16-22-14(11-24-16)12-8-6-4-7-9-12/h4,6-9,11,13H,2-3,5,10H2,1H3,(H,21,22). The lowest BCUT2D eigenvalue weighted by molar-refractivity contribution is -0.172. The van der Waals surface area contributed by atoms with Crippen molar-refractivity contribution in [3.8, 4) is 11.3 Å². The summed E-state index contributed by atoms with van der Waals surface area (Å²) in [6, 6.07) is 8.06. The number of anilines is 1. The van der Waals surface area contributed by atoms with Crippen molar-refractivity contribution >= 4 is 22.3 Å². The van der Waals surface area contributed by atoms with Gasteiger partial charge in [0.25, 0.3) is 5.78 Å². The highest BCUT2D eigenvalue weighted by atomic mass is 32.1. The molecule has 1 aromatic carbocycles. The van der Waals surface area contributed by atoms with Crippen LogP contribution in [-0.4, -0.2) is 23.0 Å². The Morgan fingerprint density at radius 1 is 1.25 bits per heavy atom. The molecule has 0 spiro atoms. The van der Waals surface area contributed by atoms with E-state index in [1.54, 1.807) is 5.38 Å². The number of carbonyl (C=O) groups excluding carboxylic acids is 1. The number of aromatic nitrogens is 1. The molecular weight excluding hydrogens is 337 g/mol. The van der Waals surface area contributed by atoms with Crippen LogP contribution < -0.4 is 5.32 Å². The van der Waals surface area contributed by atoms with Crippen LogP contribution in [0.15, 0.2) is 35.7 Å². The number of benzene rings is 1. The Kier molecular flexibility index (Phi) is 6.36. The van der Waals surface area contributed by atoms with Crippen LogP contribution in [0.4, 0.5) is 18.3 Å². The predicted octanol–water partition coefficient (Wildman–Crippen LogP) is 5.30. The van der Waals surface area contributed by atoms with Gasteiger partial charge in [-0.1, -0.05) is 56.5 Å². The van der Waals surface area contributed by atoms with Crippen molar-refractivity contribution in [1.29, 1.82) is 0 Å². The first-order chi connectivity index (χ1) is 11.4. The SMILES string of the molecule is CCCCCC(Nc1nc(-c2ccccc2)cs1)C(=O)C(F)(F)F. The lowest BCUT2D eigenvalue weighted by Gasteiger charge is -2.18. The zero-order valence-electron chi connectivity index (χ0n) is 13.3. The van der Waals surface area contributed by atoms with E-state index in [0.717, 1.165) is 18.4 Å². The number of thiazole rings is 1. The van der Waals surface area contributed by atoms with E-state index in [1.807, 2.05) is 37.3 Å². The van der Waals surface area contributed by atoms with E-state index in [0.29, 0.717) is 17.2 Å². The number of hydrogen-bond donors (Lipinski definition) is 1. The van der Waals surface area contributed by atoms with Gasteiger partial charge in [-0.25, -0.2) is 4.98 Å². The number of hydrogen-bond acceptors (Lipinski definition) is 4. The van der Waals surface area contributed by atoms with Gasteiger partial charge >= 0.3 is 6.18 Å². The first-order valence-corrected chi connectivity index (χ1v) is 8.68. The van der Waals surface area contributed by atoms with Gasteiger partial charge in [0.05, 0.1) is 11.7 Å². The number of nitrogens with zero attached hydrogens (tertiary/aromatic N) is 1. The molecule has 0 bridgehead atoms. The molecule has 3 nitrogen and oxygen atoms in total. The van der Waals surface area contributed by atoms with E-state index in [4.69, 9.17) is 0 Å². The lowest BCUT2D eigenvalue weighted by atomic mass is 10.0. The number of unbranched alkanes of at least 4 members (excludes halogenated alkanes) is 2. The van der Waals surface area contributed by atoms with Gasteiger partial charge in [-0.05, 0) is 6.42 Å². The summed E-state index contributed by atoms with van der Waals surface area (Å²) in [5, 5.41) is 4.76. The normalized spacial score (nSPS) is 12.8. The van der Waals surface area contributed by atoms with Crippen LogP contribution in [0.25, 0.3) is 11.3 Å². The van der Waals surface area contributed by atoms with Crippen molar-refractivity contribution in [2.24, 2.45) is 0 Å². The van der Waals surface area contributed by atoms with E-state index in [1.165, 1.54) is 11.3 Å². The Bertz CT molecular complexity index is 655. The van der Waals surface area contributed by atoms with Crippen molar-refractivity contribution in [2.45, 2.75) is 44.8 Å². The van der Waals surface area contributed by atoms with E-state index in [2.05, 4.69) is 10.3 Å². The summed E-state index contributed by atoms with van der Waals surface area (Å²) in [6.07, 6.45) is -2.47. The molecule has 0 aliphatic carbocycles. The summed E-state index contributed by atoms with van der Waals surface area (Å²) in [6.45, 7) is 1.96. The number of carbonyl (C=O) groups is 1. The van der Waals surface area contributed by atoms with Crippen molar-refractivity contribution in [3.05, 3.63) is 35.7 Å². The van der Waals surface area contributed by atoms with Gasteiger partial charge < -0.3 is 5.32 Å². The molecular formula is C17H19F3N2OS. The third-order valence-electron chi connectivity index (χ3n) is 3.56. The third kappa shape index (κ3) is 5.06. The van der Waals surface area contributed by atoms with Crippen LogP contribution in [0.2, 0.25) is 0 Å². The maximum Gasteiger partial charge on any atom is 0.452 e. The highest BCUT2D eigenvalue weighted by molar-refractivity contribution is 7.14. The molecule has 0 saturated heterocycles. The van der Waals surface area contributed by atoms with Gasteiger partial charge in [0.15, 0.2) is 5.13 Å². The molecule has 1 N–H and O–H groups in total. The van der Waals surface area contributed by atoms with Gasteiger partial charge in [-0.15, -0.1) is 11.3 Å². The smallest absolute Gasteiger partial charge is 0.351 e. The van der Waals surface area contributed by atoms with Crippen LogP contribution in [-0.2, 0) is 4.79 Å². The Balaban J connectivity index is 2.11. The maximum atomic E-state index is 12.8. The van der Waals surface area contributed by atoms with Crippen LogP contribution in [0.5, 0.6) is 0 Å².